The summed E-state index contributed by atoms with van der Waals surface area (Å²) in [5, 5.41) is 12.8. The van der Waals surface area contributed by atoms with Crippen molar-refractivity contribution in [2.75, 3.05) is 25.0 Å². The van der Waals surface area contributed by atoms with Crippen molar-refractivity contribution in [2.45, 2.75) is 29.3 Å². The summed E-state index contributed by atoms with van der Waals surface area (Å²) in [6.07, 6.45) is -4.15. The molecule has 1 atom stereocenters. The van der Waals surface area contributed by atoms with Gasteiger partial charge in [0, 0.05) is 32.0 Å². The lowest BCUT2D eigenvalue weighted by Crippen LogP contribution is -2.74. The molecule has 1 aromatic carbocycles. The maximum Gasteiger partial charge on any atom is 0.436 e. The van der Waals surface area contributed by atoms with E-state index in [9.17, 15) is 45.5 Å². The van der Waals surface area contributed by atoms with Crippen LogP contribution in [0.1, 0.15) is 17.4 Å². The van der Waals surface area contributed by atoms with Crippen LogP contribution >= 0.6 is 11.6 Å². The van der Waals surface area contributed by atoms with E-state index in [1.807, 2.05) is 0 Å². The lowest BCUT2D eigenvalue weighted by Gasteiger charge is -2.48. The van der Waals surface area contributed by atoms with E-state index in [1.165, 1.54) is 23.0 Å². The minimum Gasteiger partial charge on any atom is -0.488 e. The van der Waals surface area contributed by atoms with E-state index < -0.39 is 75.6 Å². The van der Waals surface area contributed by atoms with E-state index in [-0.39, 0.29) is 29.1 Å². The number of amides is 3. The van der Waals surface area contributed by atoms with Gasteiger partial charge in [-0.1, -0.05) is 11.6 Å². The number of alkyl halides is 3. The molecule has 39 heavy (non-hydrogen) atoms. The molecule has 0 bridgehead atoms. The van der Waals surface area contributed by atoms with E-state index in [1.54, 1.807) is 0 Å². The second-order valence-corrected chi connectivity index (χ2v) is 11.3. The summed E-state index contributed by atoms with van der Waals surface area (Å²) in [4.78, 5) is 37.6. The van der Waals surface area contributed by atoms with Crippen molar-refractivity contribution >= 4 is 45.0 Å². The van der Waals surface area contributed by atoms with Gasteiger partial charge in [0.25, 0.3) is 5.91 Å². The number of aromatic nitrogens is 1. The maximum atomic E-state index is 13.4. The second kappa shape index (κ2) is 9.35. The molecule has 4 rings (SSSR count). The predicted molar refractivity (Wildman–Crippen MR) is 125 cm³/mol. The summed E-state index contributed by atoms with van der Waals surface area (Å²) in [5.74, 6) is -5.05. The normalized spacial score (nSPS) is 19.1. The first-order valence-electron chi connectivity index (χ1n) is 10.9. The van der Waals surface area contributed by atoms with E-state index in [0.717, 1.165) is 23.2 Å². The number of likely N-dealkylation sites (tertiary alicyclic amines) is 1. The van der Waals surface area contributed by atoms with Crippen molar-refractivity contribution in [3.63, 3.8) is 0 Å². The average molecular weight is 598 g/mol. The van der Waals surface area contributed by atoms with Crippen molar-refractivity contribution in [3.05, 3.63) is 40.9 Å². The highest BCUT2D eigenvalue weighted by atomic mass is 35.5. The number of nitrogens with one attached hydrogen (secondary N) is 3. The molecule has 4 N–H and O–H groups in total. The van der Waals surface area contributed by atoms with Crippen LogP contribution in [0.15, 0.2) is 29.3 Å². The van der Waals surface area contributed by atoms with Crippen LogP contribution in [0, 0.1) is 5.82 Å². The van der Waals surface area contributed by atoms with Crippen LogP contribution in [0.3, 0.4) is 0 Å². The number of halogens is 5. The number of hydrogen-bond donors (Lipinski definition) is 4. The largest absolute Gasteiger partial charge is 0.488 e. The summed E-state index contributed by atoms with van der Waals surface area (Å²) < 4.78 is 87.3. The zero-order chi connectivity index (χ0) is 29.1. The van der Waals surface area contributed by atoms with Crippen LogP contribution in [0.2, 0.25) is 5.02 Å². The first kappa shape index (κ1) is 28.6. The molecule has 0 aliphatic carbocycles. The predicted octanol–water partition coefficient (Wildman–Crippen LogP) is 0.709. The third-order valence-electron chi connectivity index (χ3n) is 6.01. The third-order valence-corrected chi connectivity index (χ3v) is 7.87. The van der Waals surface area contributed by atoms with Crippen molar-refractivity contribution in [2.24, 2.45) is 7.05 Å². The van der Waals surface area contributed by atoms with Gasteiger partial charge in [-0.15, -0.1) is 0 Å². The Labute approximate surface area is 222 Å². The third kappa shape index (κ3) is 5.26. The number of hydrogen-bond acceptors (Lipinski definition) is 7. The van der Waals surface area contributed by atoms with E-state index in [0.29, 0.717) is 0 Å². The summed E-state index contributed by atoms with van der Waals surface area (Å²) in [5.41, 5.74) is -5.24. The van der Waals surface area contributed by atoms with Crippen molar-refractivity contribution < 1.29 is 50.2 Å². The fourth-order valence-corrected chi connectivity index (χ4v) is 5.73. The molecular weight excluding hydrogens is 578 g/mol. The Morgan fingerprint density at radius 1 is 1.23 bits per heavy atom. The first-order valence-corrected chi connectivity index (χ1v) is 12.7. The number of rotatable bonds is 3. The van der Waals surface area contributed by atoms with Crippen LogP contribution < -0.4 is 20.1 Å². The smallest absolute Gasteiger partial charge is 0.436 e. The molecule has 212 valence electrons. The number of sulfonamides is 1. The lowest BCUT2D eigenvalue weighted by atomic mass is 9.92. The molecular formula is C21H20ClF4N5O7S. The Balaban J connectivity index is 1.50. The van der Waals surface area contributed by atoms with Gasteiger partial charge in [0.2, 0.25) is 15.7 Å². The number of nitrogens with zero attached hydrogens (tertiary/aromatic N) is 2. The van der Waals surface area contributed by atoms with Gasteiger partial charge >= 0.3 is 18.0 Å². The number of anilines is 1. The van der Waals surface area contributed by atoms with Crippen LogP contribution in [0.5, 0.6) is 5.75 Å². The Hall–Kier alpha value is -3.41. The van der Waals surface area contributed by atoms with Crippen LogP contribution in [-0.2, 0) is 26.7 Å². The van der Waals surface area contributed by atoms with Crippen LogP contribution in [0.4, 0.5) is 23.2 Å². The number of benzene rings is 1. The van der Waals surface area contributed by atoms with Crippen LogP contribution in [0.25, 0.3) is 0 Å². The van der Waals surface area contributed by atoms with Gasteiger partial charge < -0.3 is 29.9 Å². The Morgan fingerprint density at radius 3 is 2.46 bits per heavy atom. The Morgan fingerprint density at radius 2 is 1.87 bits per heavy atom. The topological polar surface area (TPSA) is 159 Å². The molecule has 0 saturated carbocycles. The molecule has 2 aliphatic rings. The minimum absolute atomic E-state index is 0.114. The van der Waals surface area contributed by atoms with E-state index >= 15 is 0 Å². The summed E-state index contributed by atoms with van der Waals surface area (Å²) in [7, 11) is -2.98. The molecule has 1 unspecified atom stereocenters. The van der Waals surface area contributed by atoms with Gasteiger partial charge in [0.05, 0.1) is 5.02 Å². The number of carbonyl (C=O) groups is 3. The molecule has 1 aromatic heterocycles. The number of aryl methyl sites for hydroxylation is 1. The molecule has 1 fully saturated rings. The average Bonchev–Trinajstić information content (AvgIpc) is 3.07. The van der Waals surface area contributed by atoms with Gasteiger partial charge in [-0.05, 0) is 25.1 Å². The number of aliphatic hydroxyl groups is 1. The monoisotopic (exact) mass is 597 g/mol. The zero-order valence-electron chi connectivity index (χ0n) is 20.0. The molecule has 2 aliphatic heterocycles. The minimum atomic E-state index is -5.26. The van der Waals surface area contributed by atoms with Crippen LogP contribution in [-0.4, -0.2) is 77.8 Å². The molecule has 2 aromatic rings. The molecule has 1 spiro atoms. The summed E-state index contributed by atoms with van der Waals surface area (Å²) in [6, 6.07) is 3.40. The highest BCUT2D eigenvalue weighted by Crippen LogP contribution is 2.37. The van der Waals surface area contributed by atoms with Gasteiger partial charge in [-0.25, -0.2) is 12.8 Å². The fourth-order valence-electron chi connectivity index (χ4n) is 3.99. The standard InChI is InChI=1S/C21H20ClF4N5O7S/c1-19(35,21(24,25)26)28-17(33)18(34)31-7-20(8-31)9-38-15-13(39(36,37)29-20)6-30(2)14(15)16(32)27-10-3-4-12(23)11(22)5-10/h3-6,29,35H,7-9H2,1-2H3,(H,27,32)(H,28,33). The maximum absolute atomic E-state index is 13.4. The van der Waals surface area contributed by atoms with Crippen molar-refractivity contribution in [3.8, 4) is 5.75 Å². The summed E-state index contributed by atoms with van der Waals surface area (Å²) in [6.45, 7) is -1.09. The molecule has 0 radical (unpaired) electrons. The van der Waals surface area contributed by atoms with Gasteiger partial charge in [0.15, 0.2) is 11.4 Å². The van der Waals surface area contributed by atoms with E-state index in [2.05, 4.69) is 10.0 Å². The van der Waals surface area contributed by atoms with Crippen molar-refractivity contribution in [1.82, 2.24) is 19.5 Å². The van der Waals surface area contributed by atoms with Gasteiger partial charge in [-0.2, -0.15) is 17.9 Å². The highest BCUT2D eigenvalue weighted by molar-refractivity contribution is 7.89. The molecule has 3 heterocycles. The lowest BCUT2D eigenvalue weighted by molar-refractivity contribution is -0.263. The first-order chi connectivity index (χ1) is 17.9. The van der Waals surface area contributed by atoms with E-state index in [4.69, 9.17) is 16.3 Å². The fraction of sp³-hybridized carbons (Fsp3) is 0.381. The SMILES string of the molecule is Cn1cc2c(c1C(=O)Nc1ccc(F)c(Cl)c1)OCC1(CN(C(=O)C(=O)NC(C)(O)C(F)(F)F)C1)NS2(=O)=O. The molecule has 12 nitrogen and oxygen atoms in total. The second-order valence-electron chi connectivity index (χ2n) is 9.22. The number of ether oxygens (including phenoxy) is 1. The Bertz CT molecular complexity index is 1490. The highest BCUT2D eigenvalue weighted by Gasteiger charge is 2.55. The zero-order valence-corrected chi connectivity index (χ0v) is 21.6. The molecule has 1 saturated heterocycles. The number of fused-ring (bicyclic) bond motifs is 1. The quantitative estimate of drug-likeness (QED) is 0.230. The van der Waals surface area contributed by atoms with Gasteiger partial charge in [0.1, 0.15) is 22.9 Å². The van der Waals surface area contributed by atoms with Gasteiger partial charge in [-0.3, -0.25) is 14.4 Å². The molecule has 18 heteroatoms. The number of carbonyl (C=O) groups excluding carboxylic acids is 3. The Kier molecular flexibility index (Phi) is 6.86. The molecule has 3 amide bonds. The van der Waals surface area contributed by atoms with Crippen molar-refractivity contribution in [1.29, 1.82) is 0 Å². The summed E-state index contributed by atoms with van der Waals surface area (Å²) >= 11 is 5.73.